The number of amides is 1. The van der Waals surface area contributed by atoms with E-state index in [0.29, 0.717) is 25.9 Å². The molecular formula is C59H115NO5. The number of nitrogens with one attached hydrogen (secondary N) is 1. The number of allylic oxidation sites excluding steroid dienone is 2. The first-order valence-corrected chi connectivity index (χ1v) is 29.4. The average Bonchev–Trinajstić information content (AvgIpc) is 3.31. The Labute approximate surface area is 406 Å². The Morgan fingerprint density at radius 1 is 0.415 bits per heavy atom. The molecule has 0 aliphatic rings. The highest BCUT2D eigenvalue weighted by molar-refractivity contribution is 5.76. The molecule has 1 amide bonds. The van der Waals surface area contributed by atoms with Crippen LogP contribution in [0.25, 0.3) is 0 Å². The summed E-state index contributed by atoms with van der Waals surface area (Å²) in [6.07, 6.45) is 65.1. The zero-order valence-electron chi connectivity index (χ0n) is 44.0. The third-order valence-electron chi connectivity index (χ3n) is 13.8. The average molecular weight is 919 g/mol. The van der Waals surface area contributed by atoms with Crippen molar-refractivity contribution in [2.24, 2.45) is 0 Å². The van der Waals surface area contributed by atoms with Crippen molar-refractivity contribution in [3.8, 4) is 0 Å². The highest BCUT2D eigenvalue weighted by Crippen LogP contribution is 2.18. The normalized spacial score (nSPS) is 12.6. The molecular weight excluding hydrogens is 803 g/mol. The minimum atomic E-state index is -0.659. The highest BCUT2D eigenvalue weighted by Gasteiger charge is 2.20. The van der Waals surface area contributed by atoms with Crippen LogP contribution in [-0.2, 0) is 14.3 Å². The van der Waals surface area contributed by atoms with Crippen LogP contribution in [0.2, 0.25) is 0 Å². The van der Waals surface area contributed by atoms with Gasteiger partial charge in [0.15, 0.2) is 0 Å². The van der Waals surface area contributed by atoms with E-state index in [2.05, 4.69) is 31.3 Å². The maximum absolute atomic E-state index is 12.4. The predicted octanol–water partition coefficient (Wildman–Crippen LogP) is 18.1. The van der Waals surface area contributed by atoms with Gasteiger partial charge in [-0.3, -0.25) is 9.59 Å². The van der Waals surface area contributed by atoms with Crippen molar-refractivity contribution < 1.29 is 24.5 Å². The number of carbonyl (C=O) groups excluding carboxylic acids is 2. The summed E-state index contributed by atoms with van der Waals surface area (Å²) in [4.78, 5) is 24.4. The standard InChI is InChI=1S/C59H115NO5/c1-3-5-7-9-11-13-32-37-41-45-49-53-59(64)65-54-50-46-42-38-34-31-29-27-25-23-21-19-17-15-16-18-20-22-24-26-28-30-33-36-40-44-48-52-58(63)60-56(55-61)57(62)51-47-43-39-35-14-12-10-8-6-4-2/h9,11,56-57,61-62H,3-8,10,12-55H2,1-2H3,(H,60,63)/b11-9-. The number of carbonyl (C=O) groups is 2. The number of ether oxygens (including phenoxy) is 1. The molecule has 2 atom stereocenters. The van der Waals surface area contributed by atoms with Crippen LogP contribution >= 0.6 is 0 Å². The molecule has 0 fully saturated rings. The molecule has 65 heavy (non-hydrogen) atoms. The first kappa shape index (κ1) is 63.6. The van der Waals surface area contributed by atoms with Crippen molar-refractivity contribution in [1.82, 2.24) is 5.32 Å². The molecule has 0 aromatic heterocycles. The molecule has 3 N–H and O–H groups in total. The van der Waals surface area contributed by atoms with Gasteiger partial charge in [-0.15, -0.1) is 0 Å². The number of esters is 1. The summed E-state index contributed by atoms with van der Waals surface area (Å²) >= 11 is 0. The topological polar surface area (TPSA) is 95.9 Å². The maximum Gasteiger partial charge on any atom is 0.305 e. The molecule has 0 spiro atoms. The van der Waals surface area contributed by atoms with Gasteiger partial charge in [0, 0.05) is 12.8 Å². The van der Waals surface area contributed by atoms with Crippen molar-refractivity contribution in [3.63, 3.8) is 0 Å². The fraction of sp³-hybridized carbons (Fsp3) is 0.932. The predicted molar refractivity (Wildman–Crippen MR) is 283 cm³/mol. The van der Waals surface area contributed by atoms with E-state index in [1.165, 1.54) is 250 Å². The Morgan fingerprint density at radius 3 is 1.14 bits per heavy atom. The third kappa shape index (κ3) is 51.8. The SMILES string of the molecule is CCCC/C=C\CCCCCCCC(=O)OCCCCCCCCCCCCCCCCCCCCCCCCCCCCCC(=O)NC(CO)C(O)CCCCCCCCCCCC. The van der Waals surface area contributed by atoms with Crippen LogP contribution in [0.1, 0.15) is 328 Å². The summed E-state index contributed by atoms with van der Waals surface area (Å²) < 4.78 is 5.46. The molecule has 0 rings (SSSR count). The van der Waals surface area contributed by atoms with Gasteiger partial charge in [0.2, 0.25) is 5.91 Å². The summed E-state index contributed by atoms with van der Waals surface area (Å²) in [6, 6.07) is -0.536. The van der Waals surface area contributed by atoms with Crippen LogP contribution in [0.4, 0.5) is 0 Å². The second kappa shape index (κ2) is 55.2. The molecule has 0 aromatic carbocycles. The van der Waals surface area contributed by atoms with Crippen LogP contribution in [-0.4, -0.2) is 47.4 Å². The van der Waals surface area contributed by atoms with Crippen LogP contribution in [0.15, 0.2) is 12.2 Å². The van der Waals surface area contributed by atoms with Crippen LogP contribution < -0.4 is 5.32 Å². The zero-order chi connectivity index (χ0) is 47.2. The van der Waals surface area contributed by atoms with E-state index in [1.54, 1.807) is 0 Å². The lowest BCUT2D eigenvalue weighted by Gasteiger charge is -2.22. The van der Waals surface area contributed by atoms with E-state index in [-0.39, 0.29) is 18.5 Å². The van der Waals surface area contributed by atoms with E-state index in [0.717, 1.165) is 44.9 Å². The third-order valence-corrected chi connectivity index (χ3v) is 13.8. The molecule has 0 aliphatic carbocycles. The first-order chi connectivity index (χ1) is 32.0. The molecule has 0 heterocycles. The Balaban J connectivity index is 3.32. The molecule has 0 saturated heterocycles. The zero-order valence-corrected chi connectivity index (χ0v) is 44.0. The Kier molecular flexibility index (Phi) is 54.0. The maximum atomic E-state index is 12.4. The lowest BCUT2D eigenvalue weighted by atomic mass is 10.0. The molecule has 2 unspecified atom stereocenters. The van der Waals surface area contributed by atoms with Crippen molar-refractivity contribution >= 4 is 11.9 Å². The number of hydrogen-bond acceptors (Lipinski definition) is 5. The second-order valence-corrected chi connectivity index (χ2v) is 20.3. The van der Waals surface area contributed by atoms with Gasteiger partial charge < -0.3 is 20.3 Å². The molecule has 0 radical (unpaired) electrons. The minimum Gasteiger partial charge on any atom is -0.466 e. The molecule has 6 heteroatoms. The lowest BCUT2D eigenvalue weighted by molar-refractivity contribution is -0.143. The first-order valence-electron chi connectivity index (χ1n) is 29.4. The summed E-state index contributed by atoms with van der Waals surface area (Å²) in [6.45, 7) is 4.92. The van der Waals surface area contributed by atoms with Gasteiger partial charge in [-0.05, 0) is 44.9 Å². The summed E-state index contributed by atoms with van der Waals surface area (Å²) in [5, 5.41) is 23.1. The molecule has 6 nitrogen and oxygen atoms in total. The lowest BCUT2D eigenvalue weighted by Crippen LogP contribution is -2.45. The summed E-state index contributed by atoms with van der Waals surface area (Å²) in [5.74, 6) is -0.0256. The van der Waals surface area contributed by atoms with E-state index in [1.807, 2.05) is 0 Å². The molecule has 386 valence electrons. The number of hydrogen-bond donors (Lipinski definition) is 3. The van der Waals surface area contributed by atoms with Gasteiger partial charge in [0.05, 0.1) is 25.4 Å². The van der Waals surface area contributed by atoms with E-state index < -0.39 is 12.1 Å². The second-order valence-electron chi connectivity index (χ2n) is 20.3. The fourth-order valence-corrected chi connectivity index (χ4v) is 9.27. The van der Waals surface area contributed by atoms with Crippen molar-refractivity contribution in [2.45, 2.75) is 341 Å². The van der Waals surface area contributed by atoms with Crippen molar-refractivity contribution in [3.05, 3.63) is 12.2 Å². The Morgan fingerprint density at radius 2 is 0.738 bits per heavy atom. The number of unbranched alkanes of at least 4 members (excludes halogenated alkanes) is 42. The molecule has 0 aromatic rings. The monoisotopic (exact) mass is 918 g/mol. The van der Waals surface area contributed by atoms with Crippen molar-refractivity contribution in [1.29, 1.82) is 0 Å². The van der Waals surface area contributed by atoms with Gasteiger partial charge >= 0.3 is 5.97 Å². The van der Waals surface area contributed by atoms with Gasteiger partial charge in [-0.2, -0.15) is 0 Å². The van der Waals surface area contributed by atoms with E-state index in [4.69, 9.17) is 4.74 Å². The van der Waals surface area contributed by atoms with Gasteiger partial charge in [-0.1, -0.05) is 283 Å². The quantitative estimate of drug-likeness (QED) is 0.0321. The smallest absolute Gasteiger partial charge is 0.305 e. The Bertz CT molecular complexity index is 970. The highest BCUT2D eigenvalue weighted by atomic mass is 16.5. The summed E-state index contributed by atoms with van der Waals surface area (Å²) in [5.41, 5.74) is 0. The minimum absolute atomic E-state index is 0.00711. The molecule has 0 saturated carbocycles. The van der Waals surface area contributed by atoms with Crippen LogP contribution in [0.3, 0.4) is 0 Å². The Hall–Kier alpha value is -1.40. The van der Waals surface area contributed by atoms with Crippen molar-refractivity contribution in [2.75, 3.05) is 13.2 Å². The number of aliphatic hydroxyl groups is 2. The largest absolute Gasteiger partial charge is 0.466 e. The summed E-state index contributed by atoms with van der Waals surface area (Å²) in [7, 11) is 0. The van der Waals surface area contributed by atoms with Gasteiger partial charge in [0.1, 0.15) is 0 Å². The van der Waals surface area contributed by atoms with Crippen LogP contribution in [0, 0.1) is 0 Å². The molecule has 0 aliphatic heterocycles. The molecule has 0 bridgehead atoms. The van der Waals surface area contributed by atoms with E-state index >= 15 is 0 Å². The van der Waals surface area contributed by atoms with Gasteiger partial charge in [0.25, 0.3) is 0 Å². The fourth-order valence-electron chi connectivity index (χ4n) is 9.27. The number of aliphatic hydroxyl groups excluding tert-OH is 2. The van der Waals surface area contributed by atoms with Gasteiger partial charge in [-0.25, -0.2) is 0 Å². The van der Waals surface area contributed by atoms with Crippen LogP contribution in [0.5, 0.6) is 0 Å². The number of rotatable bonds is 55. The van der Waals surface area contributed by atoms with E-state index in [9.17, 15) is 19.8 Å².